The maximum atomic E-state index is 13.5. The molecule has 0 saturated heterocycles. The van der Waals surface area contributed by atoms with E-state index in [2.05, 4.69) is 15.6 Å². The van der Waals surface area contributed by atoms with Crippen LogP contribution in [0.2, 0.25) is 5.02 Å². The van der Waals surface area contributed by atoms with Gasteiger partial charge in [-0.3, -0.25) is 14.6 Å². The first-order valence-electron chi connectivity index (χ1n) is 10.1. The number of aromatic nitrogens is 1. The molecule has 7 nitrogen and oxygen atoms in total. The summed E-state index contributed by atoms with van der Waals surface area (Å²) in [6.07, 6.45) is 4.96. The van der Waals surface area contributed by atoms with E-state index >= 15 is 0 Å². The number of ether oxygens (including phenoxy) is 1. The fourth-order valence-corrected chi connectivity index (χ4v) is 4.62. The summed E-state index contributed by atoms with van der Waals surface area (Å²) < 4.78 is 18.9. The van der Waals surface area contributed by atoms with Gasteiger partial charge in [-0.05, 0) is 56.4 Å². The minimum atomic E-state index is -0.790. The van der Waals surface area contributed by atoms with E-state index in [1.165, 1.54) is 18.3 Å². The highest BCUT2D eigenvalue weighted by atomic mass is 35.5. The van der Waals surface area contributed by atoms with Crippen molar-refractivity contribution in [1.29, 1.82) is 0 Å². The number of carbonyl (C=O) groups excluding carboxylic acids is 2. The van der Waals surface area contributed by atoms with Crippen molar-refractivity contribution in [2.24, 2.45) is 0 Å². The highest BCUT2D eigenvalue weighted by Gasteiger charge is 2.55. The fraction of sp³-hybridized carbons (Fsp3) is 0.409. The summed E-state index contributed by atoms with van der Waals surface area (Å²) in [5, 5.41) is 16.8. The van der Waals surface area contributed by atoms with Crippen molar-refractivity contribution in [3.05, 3.63) is 59.1 Å². The number of carbonyl (C=O) groups is 2. The second kappa shape index (κ2) is 8.43. The van der Waals surface area contributed by atoms with Gasteiger partial charge >= 0.3 is 0 Å². The van der Waals surface area contributed by atoms with Crippen molar-refractivity contribution in [2.75, 3.05) is 6.61 Å². The smallest absolute Gasteiger partial charge is 0.258 e. The summed E-state index contributed by atoms with van der Waals surface area (Å²) in [4.78, 5) is 29.0. The number of nitrogens with zero attached hydrogens (tertiary/aromatic N) is 1. The molecular weight excluding hydrogens is 425 g/mol. The number of pyridine rings is 1. The number of benzene rings is 1. The summed E-state index contributed by atoms with van der Waals surface area (Å²) >= 11 is 5.64. The molecule has 3 aliphatic carbocycles. The summed E-state index contributed by atoms with van der Waals surface area (Å²) in [5.74, 6) is -1.03. The van der Waals surface area contributed by atoms with Gasteiger partial charge in [-0.1, -0.05) is 11.6 Å². The molecule has 0 aliphatic heterocycles. The average Bonchev–Trinajstić information content (AvgIpc) is 2.76. The van der Waals surface area contributed by atoms with Crippen LogP contribution in [-0.4, -0.2) is 45.7 Å². The standard InChI is InChI=1S/C22H23ClFN3O4/c23-16-4-3-15(10-17(16)24)31-13-19(29)26-21-5-7-22(8-6-21,18(28)11-21)27-20(30)14-2-1-9-25-12-14/h1-4,9-10,12,18,28H,5-8,11,13H2,(H,26,29)(H,27,30). The summed E-state index contributed by atoms with van der Waals surface area (Å²) in [6.45, 7) is -0.276. The van der Waals surface area contributed by atoms with Gasteiger partial charge in [0.15, 0.2) is 6.61 Å². The van der Waals surface area contributed by atoms with Crippen LogP contribution in [0.3, 0.4) is 0 Å². The third-order valence-electron chi connectivity index (χ3n) is 6.27. The minimum absolute atomic E-state index is 0.0202. The lowest BCUT2D eigenvalue weighted by Gasteiger charge is -2.56. The van der Waals surface area contributed by atoms with Crippen LogP contribution < -0.4 is 15.4 Å². The van der Waals surface area contributed by atoms with Crippen molar-refractivity contribution in [3.8, 4) is 5.75 Å². The van der Waals surface area contributed by atoms with E-state index in [4.69, 9.17) is 16.3 Å². The number of hydrogen-bond acceptors (Lipinski definition) is 5. The van der Waals surface area contributed by atoms with Crippen LogP contribution in [-0.2, 0) is 4.79 Å². The molecule has 2 aromatic rings. The minimum Gasteiger partial charge on any atom is -0.484 e. The molecule has 3 fully saturated rings. The molecule has 3 N–H and O–H groups in total. The van der Waals surface area contributed by atoms with Crippen molar-refractivity contribution >= 4 is 23.4 Å². The number of aliphatic hydroxyl groups is 1. The van der Waals surface area contributed by atoms with E-state index in [9.17, 15) is 19.1 Å². The molecule has 3 saturated carbocycles. The SMILES string of the molecule is O=C(COc1ccc(Cl)c(F)c1)NC12CCC(NC(=O)c3cccnc3)(CC1)C(O)C2. The Labute approximate surface area is 184 Å². The largest absolute Gasteiger partial charge is 0.484 e. The first-order chi connectivity index (χ1) is 14.8. The van der Waals surface area contributed by atoms with Crippen molar-refractivity contribution < 1.29 is 23.8 Å². The topological polar surface area (TPSA) is 101 Å². The maximum Gasteiger partial charge on any atom is 0.258 e. The molecule has 1 aromatic heterocycles. The highest BCUT2D eigenvalue weighted by molar-refractivity contribution is 6.30. The van der Waals surface area contributed by atoms with Crippen LogP contribution in [0.1, 0.15) is 42.5 Å². The molecule has 9 heteroatoms. The van der Waals surface area contributed by atoms with Gasteiger partial charge in [0.05, 0.1) is 22.2 Å². The van der Waals surface area contributed by atoms with E-state index < -0.39 is 23.0 Å². The Morgan fingerprint density at radius 1 is 1.23 bits per heavy atom. The molecule has 3 aliphatic rings. The van der Waals surface area contributed by atoms with Gasteiger partial charge in [-0.25, -0.2) is 4.39 Å². The molecule has 1 unspecified atom stereocenters. The first-order valence-corrected chi connectivity index (χ1v) is 10.5. The summed E-state index contributed by atoms with van der Waals surface area (Å²) in [5.41, 5.74) is -0.821. The molecule has 0 radical (unpaired) electrons. The van der Waals surface area contributed by atoms with Gasteiger partial charge in [0.2, 0.25) is 0 Å². The normalized spacial score (nSPS) is 26.9. The van der Waals surface area contributed by atoms with Gasteiger partial charge < -0.3 is 20.5 Å². The van der Waals surface area contributed by atoms with Crippen LogP contribution in [0.4, 0.5) is 4.39 Å². The number of aliphatic hydroxyl groups excluding tert-OH is 1. The number of rotatable bonds is 6. The second-order valence-electron chi connectivity index (χ2n) is 8.26. The molecule has 31 heavy (non-hydrogen) atoms. The summed E-state index contributed by atoms with van der Waals surface area (Å²) in [6, 6.07) is 7.33. The van der Waals surface area contributed by atoms with Gasteiger partial charge in [-0.2, -0.15) is 0 Å². The zero-order chi connectivity index (χ0) is 22.1. The Kier molecular flexibility index (Phi) is 5.85. The molecule has 1 heterocycles. The summed E-state index contributed by atoms with van der Waals surface area (Å²) in [7, 11) is 0. The van der Waals surface area contributed by atoms with Crippen LogP contribution in [0, 0.1) is 5.82 Å². The maximum absolute atomic E-state index is 13.5. The highest BCUT2D eigenvalue weighted by Crippen LogP contribution is 2.47. The van der Waals surface area contributed by atoms with Crippen molar-refractivity contribution in [2.45, 2.75) is 49.3 Å². The number of halogens is 2. The number of nitrogens with one attached hydrogen (secondary N) is 2. The molecular formula is C22H23ClFN3O4. The van der Waals surface area contributed by atoms with Gasteiger partial charge in [0.25, 0.3) is 11.8 Å². The monoisotopic (exact) mass is 447 g/mol. The lowest BCUT2D eigenvalue weighted by Crippen LogP contribution is -2.70. The second-order valence-corrected chi connectivity index (χ2v) is 8.67. The average molecular weight is 448 g/mol. The number of fused-ring (bicyclic) bond motifs is 3. The van der Waals surface area contributed by atoms with E-state index in [1.807, 2.05) is 0 Å². The third-order valence-corrected chi connectivity index (χ3v) is 6.58. The Bertz CT molecular complexity index is 980. The van der Waals surface area contributed by atoms with E-state index in [0.717, 1.165) is 6.07 Å². The third kappa shape index (κ3) is 4.50. The van der Waals surface area contributed by atoms with Crippen LogP contribution in [0.5, 0.6) is 5.75 Å². The molecule has 2 amide bonds. The Hall–Kier alpha value is -2.71. The Morgan fingerprint density at radius 3 is 2.65 bits per heavy atom. The Morgan fingerprint density at radius 2 is 2.00 bits per heavy atom. The van der Waals surface area contributed by atoms with E-state index in [1.54, 1.807) is 18.3 Å². The predicted octanol–water partition coefficient (Wildman–Crippen LogP) is 2.62. The van der Waals surface area contributed by atoms with E-state index in [-0.39, 0.29) is 29.2 Å². The van der Waals surface area contributed by atoms with Crippen LogP contribution in [0.15, 0.2) is 42.7 Å². The Balaban J connectivity index is 1.34. The van der Waals surface area contributed by atoms with Gasteiger partial charge in [0, 0.05) is 24.0 Å². The predicted molar refractivity (Wildman–Crippen MR) is 111 cm³/mol. The van der Waals surface area contributed by atoms with Crippen molar-refractivity contribution in [1.82, 2.24) is 15.6 Å². The molecule has 5 rings (SSSR count). The lowest BCUT2D eigenvalue weighted by atomic mass is 9.60. The molecule has 2 bridgehead atoms. The molecule has 1 aromatic carbocycles. The van der Waals surface area contributed by atoms with E-state index in [0.29, 0.717) is 37.7 Å². The zero-order valence-electron chi connectivity index (χ0n) is 16.7. The molecule has 1 atom stereocenters. The molecule has 0 spiro atoms. The van der Waals surface area contributed by atoms with Gasteiger partial charge in [-0.15, -0.1) is 0 Å². The van der Waals surface area contributed by atoms with Crippen LogP contribution >= 0.6 is 11.6 Å². The fourth-order valence-electron chi connectivity index (χ4n) is 4.50. The number of amides is 2. The molecule has 164 valence electrons. The lowest BCUT2D eigenvalue weighted by molar-refractivity contribution is -0.129. The quantitative estimate of drug-likeness (QED) is 0.632. The van der Waals surface area contributed by atoms with Crippen molar-refractivity contribution in [3.63, 3.8) is 0 Å². The number of hydrogen-bond donors (Lipinski definition) is 3. The van der Waals surface area contributed by atoms with Gasteiger partial charge in [0.1, 0.15) is 11.6 Å². The zero-order valence-corrected chi connectivity index (χ0v) is 17.5. The van der Waals surface area contributed by atoms with Crippen LogP contribution in [0.25, 0.3) is 0 Å². The first kappa shape index (κ1) is 21.5.